The van der Waals surface area contributed by atoms with Crippen LogP contribution >= 0.6 is 11.3 Å². The summed E-state index contributed by atoms with van der Waals surface area (Å²) in [6.07, 6.45) is 4.62. The van der Waals surface area contributed by atoms with Gasteiger partial charge in [-0.25, -0.2) is 9.78 Å². The average Bonchev–Trinajstić information content (AvgIpc) is 3.13. The summed E-state index contributed by atoms with van der Waals surface area (Å²) in [4.78, 5) is 18.2. The zero-order chi connectivity index (χ0) is 16.1. The summed E-state index contributed by atoms with van der Waals surface area (Å²) < 4.78 is 1.79. The predicted octanol–water partition coefficient (Wildman–Crippen LogP) is 2.38. The quantitative estimate of drug-likeness (QED) is 0.888. The predicted molar refractivity (Wildman–Crippen MR) is 88.0 cm³/mol. The SMILES string of the molecule is CCc1nn(C)cc1CNC(=O)N(C)CC(C)c1nccs1. The Labute approximate surface area is 135 Å². The molecule has 2 aromatic rings. The first-order chi connectivity index (χ1) is 10.5. The van der Waals surface area contributed by atoms with Crippen molar-refractivity contribution in [3.8, 4) is 0 Å². The molecule has 0 aromatic carbocycles. The van der Waals surface area contributed by atoms with E-state index in [0.717, 1.165) is 22.7 Å². The summed E-state index contributed by atoms with van der Waals surface area (Å²) in [6.45, 7) is 5.30. The number of amides is 2. The highest BCUT2D eigenvalue weighted by molar-refractivity contribution is 7.09. The number of hydrogen-bond acceptors (Lipinski definition) is 4. The first kappa shape index (κ1) is 16.5. The number of rotatable bonds is 6. The van der Waals surface area contributed by atoms with Crippen LogP contribution in [0.1, 0.15) is 36.0 Å². The fourth-order valence-corrected chi connectivity index (χ4v) is 3.07. The Balaban J connectivity index is 1.86. The van der Waals surface area contributed by atoms with Crippen molar-refractivity contribution in [3.05, 3.63) is 34.0 Å². The van der Waals surface area contributed by atoms with Crippen LogP contribution in [0.5, 0.6) is 0 Å². The number of likely N-dealkylation sites (N-methyl/N-ethyl adjacent to an activating group) is 1. The minimum absolute atomic E-state index is 0.0747. The van der Waals surface area contributed by atoms with Crippen molar-refractivity contribution in [2.24, 2.45) is 7.05 Å². The molecular formula is C15H23N5OS. The summed E-state index contributed by atoms with van der Waals surface area (Å²) in [5, 5.41) is 10.3. The van der Waals surface area contributed by atoms with Gasteiger partial charge in [0, 0.05) is 56.4 Å². The second-order valence-corrected chi connectivity index (χ2v) is 6.37. The minimum atomic E-state index is -0.0747. The van der Waals surface area contributed by atoms with Crippen LogP contribution in [0, 0.1) is 0 Å². The van der Waals surface area contributed by atoms with Gasteiger partial charge in [-0.2, -0.15) is 5.10 Å². The van der Waals surface area contributed by atoms with Gasteiger partial charge >= 0.3 is 6.03 Å². The van der Waals surface area contributed by atoms with E-state index in [1.54, 1.807) is 27.1 Å². The van der Waals surface area contributed by atoms with E-state index in [1.165, 1.54) is 0 Å². The van der Waals surface area contributed by atoms with Crippen molar-refractivity contribution in [2.45, 2.75) is 32.7 Å². The van der Waals surface area contributed by atoms with Crippen LogP contribution in [0.2, 0.25) is 0 Å². The summed E-state index contributed by atoms with van der Waals surface area (Å²) in [5.41, 5.74) is 2.10. The average molecular weight is 321 g/mol. The van der Waals surface area contributed by atoms with Crippen LogP contribution in [0.25, 0.3) is 0 Å². The zero-order valence-corrected chi connectivity index (χ0v) is 14.4. The van der Waals surface area contributed by atoms with Gasteiger partial charge in [-0.1, -0.05) is 13.8 Å². The molecule has 0 spiro atoms. The van der Waals surface area contributed by atoms with Gasteiger partial charge in [-0.3, -0.25) is 4.68 Å². The molecule has 0 aliphatic rings. The fraction of sp³-hybridized carbons (Fsp3) is 0.533. The summed E-state index contributed by atoms with van der Waals surface area (Å²) >= 11 is 1.62. The number of urea groups is 1. The Hall–Kier alpha value is -1.89. The topological polar surface area (TPSA) is 63.1 Å². The number of thiazole rings is 1. The summed E-state index contributed by atoms with van der Waals surface area (Å²) in [7, 11) is 3.70. The Kier molecular flexibility index (Phi) is 5.54. The number of carbonyl (C=O) groups is 1. The van der Waals surface area contributed by atoms with Gasteiger partial charge in [0.15, 0.2) is 0 Å². The van der Waals surface area contributed by atoms with Crippen molar-refractivity contribution in [1.29, 1.82) is 0 Å². The number of aromatic nitrogens is 3. The van der Waals surface area contributed by atoms with Crippen molar-refractivity contribution in [1.82, 2.24) is 25.0 Å². The van der Waals surface area contributed by atoms with E-state index in [0.29, 0.717) is 13.1 Å². The van der Waals surface area contributed by atoms with Gasteiger partial charge in [-0.15, -0.1) is 11.3 Å². The molecule has 1 unspecified atom stereocenters. The molecule has 0 aliphatic carbocycles. The summed E-state index contributed by atoms with van der Waals surface area (Å²) in [5.74, 6) is 0.236. The van der Waals surface area contributed by atoms with Crippen LogP contribution in [0.3, 0.4) is 0 Å². The molecule has 2 amide bonds. The first-order valence-corrected chi connectivity index (χ1v) is 8.29. The molecule has 1 atom stereocenters. The third-order valence-corrected chi connectivity index (χ3v) is 4.53. The van der Waals surface area contributed by atoms with Crippen molar-refractivity contribution < 1.29 is 4.79 Å². The molecule has 2 heterocycles. The van der Waals surface area contributed by atoms with Gasteiger partial charge < -0.3 is 10.2 Å². The van der Waals surface area contributed by atoms with Crippen LogP contribution < -0.4 is 5.32 Å². The molecular weight excluding hydrogens is 298 g/mol. The van der Waals surface area contributed by atoms with Gasteiger partial charge in [0.2, 0.25) is 0 Å². The van der Waals surface area contributed by atoms with E-state index in [-0.39, 0.29) is 11.9 Å². The maximum atomic E-state index is 12.2. The van der Waals surface area contributed by atoms with E-state index in [9.17, 15) is 4.79 Å². The van der Waals surface area contributed by atoms with E-state index in [1.807, 2.05) is 25.7 Å². The minimum Gasteiger partial charge on any atom is -0.334 e. The van der Waals surface area contributed by atoms with E-state index < -0.39 is 0 Å². The number of aryl methyl sites for hydroxylation is 2. The largest absolute Gasteiger partial charge is 0.334 e. The first-order valence-electron chi connectivity index (χ1n) is 7.41. The Bertz CT molecular complexity index is 607. The Morgan fingerprint density at radius 3 is 2.95 bits per heavy atom. The molecule has 120 valence electrons. The van der Waals surface area contributed by atoms with E-state index in [2.05, 4.69) is 29.2 Å². The van der Waals surface area contributed by atoms with Crippen molar-refractivity contribution in [3.63, 3.8) is 0 Å². The molecule has 0 bridgehead atoms. The van der Waals surface area contributed by atoms with Crippen LogP contribution in [-0.2, 0) is 20.0 Å². The fourth-order valence-electron chi connectivity index (χ4n) is 2.38. The highest BCUT2D eigenvalue weighted by Gasteiger charge is 2.16. The summed E-state index contributed by atoms with van der Waals surface area (Å²) in [6, 6.07) is -0.0747. The molecule has 0 radical (unpaired) electrons. The van der Waals surface area contributed by atoms with E-state index in [4.69, 9.17) is 0 Å². The van der Waals surface area contributed by atoms with Crippen LogP contribution in [0.15, 0.2) is 17.8 Å². The second-order valence-electron chi connectivity index (χ2n) is 5.44. The molecule has 2 aromatic heterocycles. The van der Waals surface area contributed by atoms with Gasteiger partial charge in [-0.05, 0) is 6.42 Å². The van der Waals surface area contributed by atoms with E-state index >= 15 is 0 Å². The monoisotopic (exact) mass is 321 g/mol. The third kappa shape index (κ3) is 4.07. The molecule has 6 nitrogen and oxygen atoms in total. The van der Waals surface area contributed by atoms with Gasteiger partial charge in [0.05, 0.1) is 10.7 Å². The number of nitrogens with one attached hydrogen (secondary N) is 1. The zero-order valence-electron chi connectivity index (χ0n) is 13.5. The van der Waals surface area contributed by atoms with Crippen LogP contribution in [-0.4, -0.2) is 39.3 Å². The molecule has 0 saturated carbocycles. The lowest BCUT2D eigenvalue weighted by Gasteiger charge is -2.21. The standard InChI is InChI=1S/C15H23N5OS/c1-5-13-12(10-20(4)18-13)8-17-15(21)19(3)9-11(2)14-16-6-7-22-14/h6-7,10-11H,5,8-9H2,1-4H3,(H,17,21). The highest BCUT2D eigenvalue weighted by atomic mass is 32.1. The highest BCUT2D eigenvalue weighted by Crippen LogP contribution is 2.18. The van der Waals surface area contributed by atoms with Crippen molar-refractivity contribution in [2.75, 3.05) is 13.6 Å². The van der Waals surface area contributed by atoms with Crippen molar-refractivity contribution >= 4 is 17.4 Å². The Morgan fingerprint density at radius 1 is 1.55 bits per heavy atom. The molecule has 0 saturated heterocycles. The van der Waals surface area contributed by atoms with Crippen LogP contribution in [0.4, 0.5) is 4.79 Å². The van der Waals surface area contributed by atoms with Gasteiger partial charge in [0.1, 0.15) is 0 Å². The van der Waals surface area contributed by atoms with Gasteiger partial charge in [0.25, 0.3) is 0 Å². The number of hydrogen-bond donors (Lipinski definition) is 1. The third-order valence-electron chi connectivity index (χ3n) is 3.52. The second kappa shape index (κ2) is 7.40. The maximum Gasteiger partial charge on any atom is 0.317 e. The molecule has 7 heteroatoms. The number of nitrogens with zero attached hydrogens (tertiary/aromatic N) is 4. The molecule has 0 aliphatic heterocycles. The smallest absolute Gasteiger partial charge is 0.317 e. The molecule has 0 fully saturated rings. The Morgan fingerprint density at radius 2 is 2.32 bits per heavy atom. The normalized spacial score (nSPS) is 12.2. The number of carbonyl (C=O) groups excluding carboxylic acids is 1. The lowest BCUT2D eigenvalue weighted by atomic mass is 10.2. The lowest BCUT2D eigenvalue weighted by Crippen LogP contribution is -2.38. The lowest BCUT2D eigenvalue weighted by molar-refractivity contribution is 0.206. The maximum absolute atomic E-state index is 12.2. The molecule has 2 rings (SSSR count). The molecule has 1 N–H and O–H groups in total. The molecule has 22 heavy (non-hydrogen) atoms.